The Hall–Kier alpha value is -2.04. The molecule has 3 unspecified atom stereocenters. The average Bonchev–Trinajstić information content (AvgIpc) is 3.33. The summed E-state index contributed by atoms with van der Waals surface area (Å²) in [6.07, 6.45) is 1.38. The normalized spacial score (nSPS) is 25.9. The number of benzene rings is 1. The summed E-state index contributed by atoms with van der Waals surface area (Å²) in [6.45, 7) is 4.99. The molecular weight excluding hydrogens is 294 g/mol. The van der Waals surface area contributed by atoms with Crippen LogP contribution in [0.3, 0.4) is 0 Å². The van der Waals surface area contributed by atoms with Gasteiger partial charge >= 0.3 is 5.97 Å². The highest BCUT2D eigenvalue weighted by Gasteiger charge is 2.50. The van der Waals surface area contributed by atoms with Crippen molar-refractivity contribution in [3.05, 3.63) is 23.8 Å². The van der Waals surface area contributed by atoms with Crippen molar-refractivity contribution in [3.63, 3.8) is 0 Å². The SMILES string of the molecule is COc1ccc2c(c1)CC(C(C)C)CN2C(=O)C1CC1C(=O)O. The summed E-state index contributed by atoms with van der Waals surface area (Å²) >= 11 is 0. The Morgan fingerprint density at radius 3 is 2.61 bits per heavy atom. The highest BCUT2D eigenvalue weighted by atomic mass is 16.5. The van der Waals surface area contributed by atoms with Crippen LogP contribution < -0.4 is 9.64 Å². The Labute approximate surface area is 136 Å². The molecule has 124 valence electrons. The molecule has 1 N–H and O–H groups in total. The van der Waals surface area contributed by atoms with Gasteiger partial charge in [-0.2, -0.15) is 0 Å². The van der Waals surface area contributed by atoms with Crippen LogP contribution in [0.2, 0.25) is 0 Å². The summed E-state index contributed by atoms with van der Waals surface area (Å²) in [5.41, 5.74) is 2.01. The fraction of sp³-hybridized carbons (Fsp3) is 0.556. The van der Waals surface area contributed by atoms with E-state index in [1.807, 2.05) is 18.2 Å². The van der Waals surface area contributed by atoms with Gasteiger partial charge in [0.25, 0.3) is 0 Å². The Morgan fingerprint density at radius 2 is 2.04 bits per heavy atom. The Balaban J connectivity index is 1.90. The number of fused-ring (bicyclic) bond motifs is 1. The first kappa shape index (κ1) is 15.8. The quantitative estimate of drug-likeness (QED) is 0.927. The van der Waals surface area contributed by atoms with E-state index in [1.165, 1.54) is 0 Å². The van der Waals surface area contributed by atoms with Crippen LogP contribution in [0.5, 0.6) is 5.75 Å². The van der Waals surface area contributed by atoms with Gasteiger partial charge in [0.1, 0.15) is 5.75 Å². The molecule has 0 aromatic heterocycles. The Bertz CT molecular complexity index is 640. The van der Waals surface area contributed by atoms with Crippen molar-refractivity contribution in [1.29, 1.82) is 0 Å². The standard InChI is InChI=1S/C18H23NO4/c1-10(2)12-6-11-7-13(23-3)4-5-16(11)19(9-12)17(20)14-8-15(14)18(21)22/h4-5,7,10,12,14-15H,6,8-9H2,1-3H3,(H,21,22). The zero-order chi connectivity index (χ0) is 16.7. The van der Waals surface area contributed by atoms with Gasteiger partial charge in [0.15, 0.2) is 0 Å². The molecule has 1 aliphatic heterocycles. The van der Waals surface area contributed by atoms with E-state index in [4.69, 9.17) is 9.84 Å². The molecule has 5 nitrogen and oxygen atoms in total. The lowest BCUT2D eigenvalue weighted by Crippen LogP contribution is -2.42. The van der Waals surface area contributed by atoms with Crippen molar-refractivity contribution in [3.8, 4) is 5.75 Å². The van der Waals surface area contributed by atoms with Crippen LogP contribution in [-0.4, -0.2) is 30.6 Å². The number of nitrogens with zero attached hydrogens (tertiary/aromatic N) is 1. The number of carbonyl (C=O) groups excluding carboxylic acids is 1. The molecule has 1 amide bonds. The minimum Gasteiger partial charge on any atom is -0.497 e. The maximum atomic E-state index is 12.8. The van der Waals surface area contributed by atoms with Crippen molar-refractivity contribution >= 4 is 17.6 Å². The van der Waals surface area contributed by atoms with Gasteiger partial charge in [-0.3, -0.25) is 9.59 Å². The van der Waals surface area contributed by atoms with Gasteiger partial charge in [-0.15, -0.1) is 0 Å². The number of aliphatic carboxylic acids is 1. The molecule has 0 radical (unpaired) electrons. The zero-order valence-corrected chi connectivity index (χ0v) is 13.8. The number of methoxy groups -OCH3 is 1. The van der Waals surface area contributed by atoms with Crippen LogP contribution in [0.25, 0.3) is 0 Å². The lowest BCUT2D eigenvalue weighted by molar-refractivity contribution is -0.140. The van der Waals surface area contributed by atoms with Crippen LogP contribution in [0, 0.1) is 23.7 Å². The number of hydrogen-bond donors (Lipinski definition) is 1. The molecule has 0 spiro atoms. The van der Waals surface area contributed by atoms with Gasteiger partial charge < -0.3 is 14.7 Å². The summed E-state index contributed by atoms with van der Waals surface area (Å²) in [7, 11) is 1.63. The molecule has 1 aromatic rings. The van der Waals surface area contributed by atoms with Gasteiger partial charge in [0.05, 0.1) is 18.9 Å². The molecule has 3 rings (SSSR count). The van der Waals surface area contributed by atoms with E-state index < -0.39 is 11.9 Å². The fourth-order valence-electron chi connectivity index (χ4n) is 3.39. The smallest absolute Gasteiger partial charge is 0.307 e. The second-order valence-electron chi connectivity index (χ2n) is 6.94. The van der Waals surface area contributed by atoms with Gasteiger partial charge in [0, 0.05) is 12.2 Å². The third-order valence-corrected chi connectivity index (χ3v) is 5.11. The minimum atomic E-state index is -0.865. The van der Waals surface area contributed by atoms with Gasteiger partial charge in [-0.05, 0) is 48.4 Å². The lowest BCUT2D eigenvalue weighted by atomic mass is 9.84. The minimum absolute atomic E-state index is 0.0471. The van der Waals surface area contributed by atoms with Gasteiger partial charge in [0.2, 0.25) is 5.91 Å². The molecule has 0 saturated heterocycles. The number of carbonyl (C=O) groups is 2. The largest absolute Gasteiger partial charge is 0.497 e. The van der Waals surface area contributed by atoms with E-state index in [9.17, 15) is 9.59 Å². The molecule has 1 heterocycles. The summed E-state index contributed by atoms with van der Waals surface area (Å²) < 4.78 is 5.30. The van der Waals surface area contributed by atoms with Crippen LogP contribution in [-0.2, 0) is 16.0 Å². The second-order valence-corrected chi connectivity index (χ2v) is 6.94. The highest BCUT2D eigenvalue weighted by Crippen LogP contribution is 2.43. The van der Waals surface area contributed by atoms with Crippen molar-refractivity contribution in [2.24, 2.45) is 23.7 Å². The molecule has 2 aliphatic rings. The molecule has 1 fully saturated rings. The van der Waals surface area contributed by atoms with Crippen molar-refractivity contribution in [2.75, 3.05) is 18.6 Å². The van der Waals surface area contributed by atoms with E-state index in [2.05, 4.69) is 13.8 Å². The molecule has 23 heavy (non-hydrogen) atoms. The molecule has 1 aliphatic carbocycles. The average molecular weight is 317 g/mol. The summed E-state index contributed by atoms with van der Waals surface area (Å²) in [5.74, 6) is -0.169. The van der Waals surface area contributed by atoms with E-state index in [0.29, 0.717) is 24.8 Å². The van der Waals surface area contributed by atoms with Gasteiger partial charge in [-0.25, -0.2) is 0 Å². The third-order valence-electron chi connectivity index (χ3n) is 5.11. The van der Waals surface area contributed by atoms with Gasteiger partial charge in [-0.1, -0.05) is 13.8 Å². The molecule has 0 bridgehead atoms. The third kappa shape index (κ3) is 2.92. The van der Waals surface area contributed by atoms with Crippen LogP contribution in [0.4, 0.5) is 5.69 Å². The molecular formula is C18H23NO4. The first-order valence-electron chi connectivity index (χ1n) is 8.13. The summed E-state index contributed by atoms with van der Waals surface area (Å²) in [5, 5.41) is 9.09. The number of amides is 1. The first-order chi connectivity index (χ1) is 10.9. The predicted octanol–water partition coefficient (Wildman–Crippen LogP) is 2.58. The van der Waals surface area contributed by atoms with Crippen molar-refractivity contribution in [1.82, 2.24) is 0 Å². The van der Waals surface area contributed by atoms with Crippen LogP contribution in [0.15, 0.2) is 18.2 Å². The lowest BCUT2D eigenvalue weighted by Gasteiger charge is -2.37. The zero-order valence-electron chi connectivity index (χ0n) is 13.8. The predicted molar refractivity (Wildman–Crippen MR) is 86.6 cm³/mol. The number of rotatable bonds is 4. The number of carboxylic acids is 1. The topological polar surface area (TPSA) is 66.8 Å². The monoisotopic (exact) mass is 317 g/mol. The number of carboxylic acid groups (broad SMARTS) is 1. The fourth-order valence-corrected chi connectivity index (χ4v) is 3.39. The summed E-state index contributed by atoms with van der Waals surface area (Å²) in [4.78, 5) is 25.7. The maximum absolute atomic E-state index is 12.8. The van der Waals surface area contributed by atoms with E-state index in [0.717, 1.165) is 23.4 Å². The highest BCUT2D eigenvalue weighted by molar-refractivity contribution is 6.01. The summed E-state index contributed by atoms with van der Waals surface area (Å²) in [6, 6.07) is 5.77. The molecule has 5 heteroatoms. The molecule has 1 saturated carbocycles. The Morgan fingerprint density at radius 1 is 1.30 bits per heavy atom. The molecule has 3 atom stereocenters. The number of ether oxygens (including phenoxy) is 1. The maximum Gasteiger partial charge on any atom is 0.307 e. The second kappa shape index (κ2) is 5.87. The van der Waals surface area contributed by atoms with E-state index >= 15 is 0 Å². The molecule has 1 aromatic carbocycles. The van der Waals surface area contributed by atoms with E-state index in [1.54, 1.807) is 12.0 Å². The number of anilines is 1. The van der Waals surface area contributed by atoms with Crippen molar-refractivity contribution in [2.45, 2.75) is 26.7 Å². The van der Waals surface area contributed by atoms with Crippen LogP contribution in [0.1, 0.15) is 25.8 Å². The number of hydrogen-bond acceptors (Lipinski definition) is 3. The van der Waals surface area contributed by atoms with Crippen molar-refractivity contribution < 1.29 is 19.4 Å². The van der Waals surface area contributed by atoms with E-state index in [-0.39, 0.29) is 11.8 Å². The Kier molecular flexibility index (Phi) is 4.04. The van der Waals surface area contributed by atoms with Crippen LogP contribution >= 0.6 is 0 Å². The first-order valence-corrected chi connectivity index (χ1v) is 8.13.